The van der Waals surface area contributed by atoms with Gasteiger partial charge in [0.05, 0.1) is 5.54 Å². The fourth-order valence-electron chi connectivity index (χ4n) is 2.07. The second-order valence-electron chi connectivity index (χ2n) is 4.29. The molecule has 18 heavy (non-hydrogen) atoms. The highest BCUT2D eigenvalue weighted by Crippen LogP contribution is 2.28. The van der Waals surface area contributed by atoms with E-state index in [1.54, 1.807) is 0 Å². The molecule has 0 radical (unpaired) electrons. The van der Waals surface area contributed by atoms with Gasteiger partial charge in [-0.05, 0) is 18.1 Å². The average molecular weight is 241 g/mol. The van der Waals surface area contributed by atoms with Gasteiger partial charge in [-0.3, -0.25) is 0 Å². The lowest BCUT2D eigenvalue weighted by molar-refractivity contribution is 0.184. The Morgan fingerprint density at radius 1 is 0.944 bits per heavy atom. The normalized spacial score (nSPS) is 10.9. The molecule has 2 aromatic rings. The number of hydrogen-bond acceptors (Lipinski definition) is 1. The summed E-state index contributed by atoms with van der Waals surface area (Å²) in [7, 11) is 0. The van der Waals surface area contributed by atoms with E-state index in [4.69, 9.17) is 5.11 Å². The summed E-state index contributed by atoms with van der Waals surface area (Å²) in [5.74, 6) is 0. The quantitative estimate of drug-likeness (QED) is 0.866. The topological polar surface area (TPSA) is 49.3 Å². The summed E-state index contributed by atoms with van der Waals surface area (Å²) in [6.45, 7) is 1.87. The first kappa shape index (κ1) is 12.2. The van der Waals surface area contributed by atoms with Crippen molar-refractivity contribution in [3.05, 3.63) is 71.8 Å². The second-order valence-corrected chi connectivity index (χ2v) is 4.29. The summed E-state index contributed by atoms with van der Waals surface area (Å²) in [5, 5.41) is 11.7. The first-order valence-corrected chi connectivity index (χ1v) is 5.75. The van der Waals surface area contributed by atoms with Crippen LogP contribution >= 0.6 is 0 Å². The molecule has 2 N–H and O–H groups in total. The zero-order valence-corrected chi connectivity index (χ0v) is 10.1. The third kappa shape index (κ3) is 2.35. The predicted octanol–water partition coefficient (Wildman–Crippen LogP) is 3.22. The molecule has 0 saturated heterocycles. The monoisotopic (exact) mass is 241 g/mol. The summed E-state index contributed by atoms with van der Waals surface area (Å²) in [4.78, 5) is 11.1. The van der Waals surface area contributed by atoms with Crippen LogP contribution in [0.15, 0.2) is 60.7 Å². The van der Waals surface area contributed by atoms with Gasteiger partial charge >= 0.3 is 6.09 Å². The Kier molecular flexibility index (Phi) is 3.33. The van der Waals surface area contributed by atoms with E-state index in [-0.39, 0.29) is 0 Å². The second kappa shape index (κ2) is 4.92. The number of benzene rings is 2. The van der Waals surface area contributed by atoms with E-state index in [1.165, 1.54) is 0 Å². The van der Waals surface area contributed by atoms with Crippen LogP contribution in [0.5, 0.6) is 0 Å². The van der Waals surface area contributed by atoms with Crippen molar-refractivity contribution >= 4 is 6.09 Å². The molecule has 0 heterocycles. The Bertz CT molecular complexity index is 483. The molecule has 0 atom stereocenters. The lowest BCUT2D eigenvalue weighted by atomic mass is 9.85. The van der Waals surface area contributed by atoms with Gasteiger partial charge in [-0.1, -0.05) is 60.7 Å². The first-order valence-electron chi connectivity index (χ1n) is 5.75. The van der Waals surface area contributed by atoms with Crippen LogP contribution in [0.3, 0.4) is 0 Å². The fraction of sp³-hybridized carbons (Fsp3) is 0.133. The standard InChI is InChI=1S/C15H15NO2/c1-15(16-14(17)18,12-8-4-2-5-9-12)13-10-6-3-7-11-13/h2-11,16H,1H3,(H,17,18). The largest absolute Gasteiger partial charge is 0.465 e. The molecule has 0 bridgehead atoms. The van der Waals surface area contributed by atoms with Crippen LogP contribution in [-0.2, 0) is 5.54 Å². The number of hydrogen-bond donors (Lipinski definition) is 2. The van der Waals surface area contributed by atoms with Crippen LogP contribution in [0, 0.1) is 0 Å². The highest BCUT2D eigenvalue weighted by atomic mass is 16.4. The molecule has 3 nitrogen and oxygen atoms in total. The minimum atomic E-state index is -1.04. The highest BCUT2D eigenvalue weighted by Gasteiger charge is 2.30. The molecule has 0 fully saturated rings. The summed E-state index contributed by atoms with van der Waals surface area (Å²) >= 11 is 0. The maximum absolute atomic E-state index is 11.1. The average Bonchev–Trinajstić information content (AvgIpc) is 2.40. The van der Waals surface area contributed by atoms with Gasteiger partial charge in [-0.15, -0.1) is 0 Å². The van der Waals surface area contributed by atoms with Gasteiger partial charge in [0.2, 0.25) is 0 Å². The van der Waals surface area contributed by atoms with E-state index in [0.29, 0.717) is 0 Å². The highest BCUT2D eigenvalue weighted by molar-refractivity contribution is 5.67. The number of carboxylic acid groups (broad SMARTS) is 1. The van der Waals surface area contributed by atoms with Gasteiger partial charge in [0.25, 0.3) is 0 Å². The number of amides is 1. The molecule has 92 valence electrons. The summed E-state index contributed by atoms with van der Waals surface area (Å²) in [6, 6.07) is 19.1. The van der Waals surface area contributed by atoms with Crippen molar-refractivity contribution in [3.63, 3.8) is 0 Å². The minimum absolute atomic E-state index is 0.742. The third-order valence-electron chi connectivity index (χ3n) is 3.06. The first-order chi connectivity index (χ1) is 8.63. The molecule has 3 heteroatoms. The van der Waals surface area contributed by atoms with Crippen LogP contribution in [0.2, 0.25) is 0 Å². The van der Waals surface area contributed by atoms with Gasteiger partial charge in [0.15, 0.2) is 0 Å². The van der Waals surface area contributed by atoms with Crippen molar-refractivity contribution < 1.29 is 9.90 Å². The number of rotatable bonds is 3. The van der Waals surface area contributed by atoms with Gasteiger partial charge in [-0.25, -0.2) is 4.79 Å². The van der Waals surface area contributed by atoms with E-state index in [1.807, 2.05) is 67.6 Å². The van der Waals surface area contributed by atoms with E-state index in [0.717, 1.165) is 11.1 Å². The lowest BCUT2D eigenvalue weighted by Gasteiger charge is -2.30. The van der Waals surface area contributed by atoms with Crippen LogP contribution < -0.4 is 5.32 Å². The van der Waals surface area contributed by atoms with Gasteiger partial charge in [0, 0.05) is 0 Å². The molecule has 2 aromatic carbocycles. The van der Waals surface area contributed by atoms with Crippen LogP contribution in [0.1, 0.15) is 18.1 Å². The summed E-state index contributed by atoms with van der Waals surface area (Å²) in [6.07, 6.45) is -1.04. The molecule has 0 saturated carbocycles. The molecular formula is C15H15NO2. The number of carbonyl (C=O) groups is 1. The third-order valence-corrected chi connectivity index (χ3v) is 3.06. The Morgan fingerprint density at radius 2 is 1.33 bits per heavy atom. The van der Waals surface area contributed by atoms with E-state index < -0.39 is 11.6 Å². The SMILES string of the molecule is CC(NC(=O)O)(c1ccccc1)c1ccccc1. The molecule has 2 rings (SSSR count). The zero-order chi connectivity index (χ0) is 13.0. The molecule has 0 aliphatic heterocycles. The molecular weight excluding hydrogens is 226 g/mol. The minimum Gasteiger partial charge on any atom is -0.465 e. The maximum atomic E-state index is 11.1. The molecule has 1 amide bonds. The lowest BCUT2D eigenvalue weighted by Crippen LogP contribution is -2.43. The van der Waals surface area contributed by atoms with Gasteiger partial charge in [0.1, 0.15) is 0 Å². The number of nitrogens with one attached hydrogen (secondary N) is 1. The van der Waals surface area contributed by atoms with Crippen molar-refractivity contribution in [1.82, 2.24) is 5.32 Å². The molecule has 0 aliphatic carbocycles. The molecule has 0 spiro atoms. The van der Waals surface area contributed by atoms with Crippen LogP contribution in [0.25, 0.3) is 0 Å². The van der Waals surface area contributed by atoms with E-state index in [9.17, 15) is 4.79 Å². The maximum Gasteiger partial charge on any atom is 0.405 e. The predicted molar refractivity (Wildman–Crippen MR) is 70.5 cm³/mol. The van der Waals surface area contributed by atoms with Crippen molar-refractivity contribution in [2.45, 2.75) is 12.5 Å². The van der Waals surface area contributed by atoms with Crippen molar-refractivity contribution in [3.8, 4) is 0 Å². The Balaban J connectivity index is 2.51. The van der Waals surface area contributed by atoms with Gasteiger partial charge < -0.3 is 10.4 Å². The Hall–Kier alpha value is -2.29. The van der Waals surface area contributed by atoms with Crippen molar-refractivity contribution in [2.75, 3.05) is 0 Å². The van der Waals surface area contributed by atoms with Gasteiger partial charge in [-0.2, -0.15) is 0 Å². The van der Waals surface area contributed by atoms with E-state index >= 15 is 0 Å². The Labute approximate surface area is 106 Å². The molecule has 0 aliphatic rings. The fourth-order valence-corrected chi connectivity index (χ4v) is 2.07. The smallest absolute Gasteiger partial charge is 0.405 e. The Morgan fingerprint density at radius 3 is 1.67 bits per heavy atom. The van der Waals surface area contributed by atoms with Crippen LogP contribution in [0.4, 0.5) is 4.79 Å². The van der Waals surface area contributed by atoms with E-state index in [2.05, 4.69) is 5.32 Å². The molecule has 0 unspecified atom stereocenters. The summed E-state index contributed by atoms with van der Waals surface area (Å²) < 4.78 is 0. The van der Waals surface area contributed by atoms with Crippen molar-refractivity contribution in [1.29, 1.82) is 0 Å². The van der Waals surface area contributed by atoms with Crippen molar-refractivity contribution in [2.24, 2.45) is 0 Å². The zero-order valence-electron chi connectivity index (χ0n) is 10.1. The van der Waals surface area contributed by atoms with Crippen LogP contribution in [-0.4, -0.2) is 11.2 Å². The summed E-state index contributed by atoms with van der Waals surface area (Å²) in [5.41, 5.74) is 1.09. The molecule has 0 aromatic heterocycles.